The number of ether oxygens (including phenoxy) is 1. The van der Waals surface area contributed by atoms with E-state index in [0.717, 1.165) is 30.1 Å². The summed E-state index contributed by atoms with van der Waals surface area (Å²) >= 11 is 5.36. The molecule has 2 N–H and O–H groups in total. The number of rotatable bonds is 5. The molecule has 0 unspecified atom stereocenters. The average molecular weight is 421 g/mol. The van der Waals surface area contributed by atoms with E-state index in [1.54, 1.807) is 31.4 Å². The van der Waals surface area contributed by atoms with E-state index < -0.39 is 10.0 Å². The number of hydrazine groups is 1. The van der Waals surface area contributed by atoms with Gasteiger partial charge in [0.2, 0.25) is 0 Å². The zero-order valence-electron chi connectivity index (χ0n) is 15.9. The molecule has 3 rings (SSSR count). The molecule has 0 atom stereocenters. The molecule has 1 heterocycles. The number of anilines is 1. The van der Waals surface area contributed by atoms with Gasteiger partial charge < -0.3 is 14.5 Å². The molecular weight excluding hydrogens is 396 g/mol. The van der Waals surface area contributed by atoms with Gasteiger partial charge in [0.05, 0.1) is 12.0 Å². The van der Waals surface area contributed by atoms with Crippen molar-refractivity contribution in [1.82, 2.24) is 15.2 Å². The number of nitrogens with zero attached hydrogens (tertiary/aromatic N) is 2. The Morgan fingerprint density at radius 3 is 2.39 bits per heavy atom. The predicted molar refractivity (Wildman–Crippen MR) is 114 cm³/mol. The summed E-state index contributed by atoms with van der Waals surface area (Å²) in [6.07, 6.45) is 0. The Balaban J connectivity index is 1.53. The molecule has 0 amide bonds. The smallest absolute Gasteiger partial charge is 0.257 e. The van der Waals surface area contributed by atoms with Crippen molar-refractivity contribution in [3.8, 4) is 5.75 Å². The summed E-state index contributed by atoms with van der Waals surface area (Å²) in [5.74, 6) is 0.822. The summed E-state index contributed by atoms with van der Waals surface area (Å²) in [6, 6.07) is 14.6. The quantitative estimate of drug-likeness (QED) is 0.565. The van der Waals surface area contributed by atoms with Gasteiger partial charge in [-0.15, -0.1) is 4.83 Å². The van der Waals surface area contributed by atoms with Gasteiger partial charge in [0.15, 0.2) is 5.11 Å². The summed E-state index contributed by atoms with van der Waals surface area (Å²) in [6.45, 7) is 4.84. The van der Waals surface area contributed by atoms with E-state index in [0.29, 0.717) is 18.2 Å². The number of hydrogen-bond acceptors (Lipinski definition) is 5. The van der Waals surface area contributed by atoms with Crippen LogP contribution in [0.1, 0.15) is 5.56 Å². The number of benzene rings is 2. The maximum Gasteiger partial charge on any atom is 0.257 e. The first kappa shape index (κ1) is 20.4. The van der Waals surface area contributed by atoms with Crippen LogP contribution in [0.2, 0.25) is 0 Å². The van der Waals surface area contributed by atoms with E-state index in [4.69, 9.17) is 17.0 Å². The Hall–Kier alpha value is -2.36. The van der Waals surface area contributed by atoms with Crippen LogP contribution in [0.5, 0.6) is 5.75 Å². The molecule has 1 aliphatic heterocycles. The first-order valence-corrected chi connectivity index (χ1v) is 10.8. The van der Waals surface area contributed by atoms with Crippen LogP contribution in [0.3, 0.4) is 0 Å². The lowest BCUT2D eigenvalue weighted by Crippen LogP contribution is -2.55. The minimum Gasteiger partial charge on any atom is -0.497 e. The van der Waals surface area contributed by atoms with Gasteiger partial charge in [-0.05, 0) is 43.4 Å². The van der Waals surface area contributed by atoms with E-state index in [1.807, 2.05) is 36.1 Å². The molecular formula is C19H24N4O3S2. The second-order valence-electron chi connectivity index (χ2n) is 6.52. The monoisotopic (exact) mass is 420 g/mol. The minimum absolute atomic E-state index is 0.191. The molecule has 1 saturated heterocycles. The highest BCUT2D eigenvalue weighted by Gasteiger charge is 2.21. The van der Waals surface area contributed by atoms with Gasteiger partial charge in [-0.1, -0.05) is 23.8 Å². The maximum atomic E-state index is 12.4. The van der Waals surface area contributed by atoms with Crippen molar-refractivity contribution in [1.29, 1.82) is 0 Å². The van der Waals surface area contributed by atoms with E-state index in [9.17, 15) is 8.42 Å². The number of hydrogen-bond donors (Lipinski definition) is 2. The van der Waals surface area contributed by atoms with Gasteiger partial charge in [-0.3, -0.25) is 5.43 Å². The number of nitrogens with one attached hydrogen (secondary N) is 2. The van der Waals surface area contributed by atoms with Crippen LogP contribution in [0.4, 0.5) is 5.69 Å². The van der Waals surface area contributed by atoms with Crippen molar-refractivity contribution in [2.75, 3.05) is 38.2 Å². The highest BCUT2D eigenvalue weighted by molar-refractivity contribution is 7.89. The van der Waals surface area contributed by atoms with Gasteiger partial charge >= 0.3 is 0 Å². The summed E-state index contributed by atoms with van der Waals surface area (Å²) in [7, 11) is -2.02. The van der Waals surface area contributed by atoms with Gasteiger partial charge in [0.25, 0.3) is 10.0 Å². The molecule has 28 heavy (non-hydrogen) atoms. The molecule has 0 aromatic heterocycles. The van der Waals surface area contributed by atoms with E-state index >= 15 is 0 Å². The van der Waals surface area contributed by atoms with Crippen LogP contribution in [0, 0.1) is 6.92 Å². The lowest BCUT2D eigenvalue weighted by molar-refractivity contribution is 0.377. The molecule has 0 saturated carbocycles. The number of piperazine rings is 1. The molecule has 0 radical (unpaired) electrons. The topological polar surface area (TPSA) is 73.9 Å². The molecule has 0 spiro atoms. The first-order valence-electron chi connectivity index (χ1n) is 8.91. The van der Waals surface area contributed by atoms with Crippen LogP contribution in [0.25, 0.3) is 0 Å². The third-order valence-corrected chi connectivity index (χ3v) is 6.23. The van der Waals surface area contributed by atoms with Gasteiger partial charge in [0.1, 0.15) is 5.75 Å². The molecule has 1 aliphatic rings. The second-order valence-corrected chi connectivity index (χ2v) is 8.59. The SMILES string of the molecule is COc1cccc(N2CCN(C(=S)NNS(=O)(=O)c3ccc(C)cc3)CC2)c1. The van der Waals surface area contributed by atoms with Crippen LogP contribution >= 0.6 is 12.2 Å². The molecule has 0 aliphatic carbocycles. The van der Waals surface area contributed by atoms with E-state index in [-0.39, 0.29) is 4.90 Å². The highest BCUT2D eigenvalue weighted by Crippen LogP contribution is 2.22. The third-order valence-electron chi connectivity index (χ3n) is 4.61. The van der Waals surface area contributed by atoms with Gasteiger partial charge in [-0.25, -0.2) is 8.42 Å². The highest BCUT2D eigenvalue weighted by atomic mass is 32.2. The Morgan fingerprint density at radius 2 is 1.75 bits per heavy atom. The second kappa shape index (κ2) is 8.76. The Morgan fingerprint density at radius 1 is 1.07 bits per heavy atom. The Bertz CT molecular complexity index is 924. The largest absolute Gasteiger partial charge is 0.497 e. The third kappa shape index (κ3) is 4.92. The average Bonchev–Trinajstić information content (AvgIpc) is 2.72. The Labute approximate surface area is 171 Å². The predicted octanol–water partition coefficient (Wildman–Crippen LogP) is 1.89. The van der Waals surface area contributed by atoms with Crippen LogP contribution < -0.4 is 19.9 Å². The minimum atomic E-state index is -3.67. The fourth-order valence-corrected chi connectivity index (χ4v) is 4.08. The number of methoxy groups -OCH3 is 1. The first-order chi connectivity index (χ1) is 13.4. The normalized spacial score (nSPS) is 14.6. The van der Waals surface area contributed by atoms with E-state index in [1.165, 1.54) is 0 Å². The lowest BCUT2D eigenvalue weighted by Gasteiger charge is -2.37. The van der Waals surface area contributed by atoms with Crippen LogP contribution in [0.15, 0.2) is 53.4 Å². The van der Waals surface area contributed by atoms with Crippen molar-refractivity contribution < 1.29 is 13.2 Å². The van der Waals surface area contributed by atoms with E-state index in [2.05, 4.69) is 15.2 Å². The zero-order chi connectivity index (χ0) is 20.1. The van der Waals surface area contributed by atoms with Gasteiger partial charge in [0, 0.05) is 37.9 Å². The summed E-state index contributed by atoms with van der Waals surface area (Å²) in [4.78, 5) is 6.75. The van der Waals surface area contributed by atoms with Crippen molar-refractivity contribution in [2.45, 2.75) is 11.8 Å². The summed E-state index contributed by atoms with van der Waals surface area (Å²) in [5, 5.41) is 0.362. The molecule has 150 valence electrons. The fraction of sp³-hybridized carbons (Fsp3) is 0.316. The van der Waals surface area contributed by atoms with Crippen molar-refractivity contribution in [3.63, 3.8) is 0 Å². The van der Waals surface area contributed by atoms with Crippen molar-refractivity contribution in [3.05, 3.63) is 54.1 Å². The van der Waals surface area contributed by atoms with Crippen LogP contribution in [-0.4, -0.2) is 51.7 Å². The van der Waals surface area contributed by atoms with Gasteiger partial charge in [-0.2, -0.15) is 0 Å². The number of thiocarbonyl (C=S) groups is 1. The molecule has 9 heteroatoms. The standard InChI is InChI=1S/C19H24N4O3S2/c1-15-6-8-18(9-7-15)28(24,25)21-20-19(27)23-12-10-22(11-13-23)16-4-3-5-17(14-16)26-2/h3-9,14,21H,10-13H2,1-2H3,(H,20,27). The molecule has 2 aromatic carbocycles. The van der Waals surface area contributed by atoms with Crippen LogP contribution in [-0.2, 0) is 10.0 Å². The molecule has 1 fully saturated rings. The van der Waals surface area contributed by atoms with Crippen molar-refractivity contribution >= 4 is 33.0 Å². The maximum absolute atomic E-state index is 12.4. The fourth-order valence-electron chi connectivity index (χ4n) is 2.94. The molecule has 7 nitrogen and oxygen atoms in total. The lowest BCUT2D eigenvalue weighted by atomic mass is 10.2. The molecule has 2 aromatic rings. The molecule has 0 bridgehead atoms. The number of aryl methyl sites for hydroxylation is 1. The summed E-state index contributed by atoms with van der Waals surface area (Å²) in [5.41, 5.74) is 4.75. The zero-order valence-corrected chi connectivity index (χ0v) is 17.5. The van der Waals surface area contributed by atoms with Crippen molar-refractivity contribution in [2.24, 2.45) is 0 Å². The number of sulfonamides is 1. The summed E-state index contributed by atoms with van der Waals surface area (Å²) < 4.78 is 30.0. The Kier molecular flexibility index (Phi) is 6.38.